The van der Waals surface area contributed by atoms with Crippen LogP contribution in [0, 0.1) is 0 Å². The molecule has 1 saturated heterocycles. The van der Waals surface area contributed by atoms with Crippen molar-refractivity contribution < 1.29 is 27.5 Å². The number of rotatable bonds is 10. The van der Waals surface area contributed by atoms with Gasteiger partial charge in [-0.15, -0.1) is 0 Å². The van der Waals surface area contributed by atoms with Gasteiger partial charge in [-0.2, -0.15) is 4.31 Å². The minimum absolute atomic E-state index is 0.0635. The predicted octanol–water partition coefficient (Wildman–Crippen LogP) is 1.98. The van der Waals surface area contributed by atoms with Gasteiger partial charge in [-0.05, 0) is 44.4 Å². The highest BCUT2D eigenvalue weighted by molar-refractivity contribution is 7.89. The van der Waals surface area contributed by atoms with Crippen molar-refractivity contribution in [3.05, 3.63) is 18.2 Å². The summed E-state index contributed by atoms with van der Waals surface area (Å²) in [6, 6.07) is 5.46. The molecule has 2 fully saturated rings. The lowest BCUT2D eigenvalue weighted by Gasteiger charge is -2.38. The molecule has 37 heavy (non-hydrogen) atoms. The first-order chi connectivity index (χ1) is 17.8. The third kappa shape index (κ3) is 6.63. The SMILES string of the molecule is CCC(C)N(CCNC(=O)CN1C(=O)COc2ccc(S(=O)(=O)N3CCOCC3)cc21)C1CCCCC1. The number of nitrogens with zero attached hydrogens (tertiary/aromatic N) is 3. The van der Waals surface area contributed by atoms with Gasteiger partial charge >= 0.3 is 0 Å². The molecule has 1 N–H and O–H groups in total. The van der Waals surface area contributed by atoms with Crippen molar-refractivity contribution in [2.45, 2.75) is 69.4 Å². The number of hydrogen-bond acceptors (Lipinski definition) is 7. The number of carbonyl (C=O) groups excluding carboxylic acids is 2. The van der Waals surface area contributed by atoms with E-state index in [0.29, 0.717) is 43.3 Å². The highest BCUT2D eigenvalue weighted by atomic mass is 32.2. The largest absolute Gasteiger partial charge is 0.482 e. The van der Waals surface area contributed by atoms with Crippen molar-refractivity contribution in [1.29, 1.82) is 0 Å². The zero-order chi connectivity index (χ0) is 26.4. The first kappa shape index (κ1) is 27.8. The second-order valence-electron chi connectivity index (χ2n) is 10.1. The van der Waals surface area contributed by atoms with Crippen LogP contribution in [0.1, 0.15) is 52.4 Å². The van der Waals surface area contributed by atoms with Crippen molar-refractivity contribution in [3.8, 4) is 5.75 Å². The molecule has 1 atom stereocenters. The van der Waals surface area contributed by atoms with Crippen molar-refractivity contribution in [1.82, 2.24) is 14.5 Å². The van der Waals surface area contributed by atoms with E-state index in [4.69, 9.17) is 9.47 Å². The predicted molar refractivity (Wildman–Crippen MR) is 140 cm³/mol. The smallest absolute Gasteiger partial charge is 0.265 e. The van der Waals surface area contributed by atoms with Gasteiger partial charge in [-0.3, -0.25) is 19.4 Å². The molecule has 0 bridgehead atoms. The van der Waals surface area contributed by atoms with Crippen LogP contribution in [0.3, 0.4) is 0 Å². The lowest BCUT2D eigenvalue weighted by molar-refractivity contribution is -0.125. The topological polar surface area (TPSA) is 108 Å². The van der Waals surface area contributed by atoms with E-state index in [1.165, 1.54) is 53.4 Å². The molecule has 1 unspecified atom stereocenters. The molecule has 11 heteroatoms. The van der Waals surface area contributed by atoms with Crippen LogP contribution in [-0.4, -0.2) is 94.1 Å². The zero-order valence-electron chi connectivity index (χ0n) is 22.0. The van der Waals surface area contributed by atoms with Gasteiger partial charge in [0.05, 0.1) is 23.8 Å². The summed E-state index contributed by atoms with van der Waals surface area (Å²) < 4.78 is 38.4. The fraction of sp³-hybridized carbons (Fsp3) is 0.692. The Kier molecular flexibility index (Phi) is 9.44. The Balaban J connectivity index is 1.41. The third-order valence-electron chi connectivity index (χ3n) is 7.68. The molecule has 206 valence electrons. The van der Waals surface area contributed by atoms with E-state index >= 15 is 0 Å². The minimum Gasteiger partial charge on any atom is -0.482 e. The number of anilines is 1. The molecule has 2 heterocycles. The van der Waals surface area contributed by atoms with Gasteiger partial charge in [-0.25, -0.2) is 8.42 Å². The number of hydrogen-bond donors (Lipinski definition) is 1. The highest BCUT2D eigenvalue weighted by Crippen LogP contribution is 2.35. The fourth-order valence-electron chi connectivity index (χ4n) is 5.39. The second kappa shape index (κ2) is 12.6. The number of morpholine rings is 1. The molecule has 1 aromatic carbocycles. The highest BCUT2D eigenvalue weighted by Gasteiger charge is 2.32. The summed E-state index contributed by atoms with van der Waals surface area (Å²) in [6.07, 6.45) is 7.27. The molecule has 1 aliphatic carbocycles. The zero-order valence-corrected chi connectivity index (χ0v) is 22.8. The monoisotopic (exact) mass is 536 g/mol. The van der Waals surface area contributed by atoms with Crippen LogP contribution >= 0.6 is 0 Å². The average Bonchev–Trinajstić information content (AvgIpc) is 2.93. The maximum Gasteiger partial charge on any atom is 0.265 e. The number of sulfonamides is 1. The average molecular weight is 537 g/mol. The molecule has 2 amide bonds. The van der Waals surface area contributed by atoms with Crippen molar-refractivity contribution in [3.63, 3.8) is 0 Å². The number of benzene rings is 1. The summed E-state index contributed by atoms with van der Waals surface area (Å²) in [4.78, 5) is 29.5. The first-order valence-electron chi connectivity index (χ1n) is 13.5. The lowest BCUT2D eigenvalue weighted by Crippen LogP contribution is -2.49. The van der Waals surface area contributed by atoms with Crippen LogP contribution in [0.5, 0.6) is 5.75 Å². The fourth-order valence-corrected chi connectivity index (χ4v) is 6.81. The van der Waals surface area contributed by atoms with Crippen molar-refractivity contribution >= 4 is 27.5 Å². The van der Waals surface area contributed by atoms with E-state index in [-0.39, 0.29) is 43.0 Å². The molecule has 0 aromatic heterocycles. The summed E-state index contributed by atoms with van der Waals surface area (Å²) in [6.45, 7) is 6.53. The van der Waals surface area contributed by atoms with Crippen LogP contribution in [-0.2, 0) is 24.3 Å². The Hall–Kier alpha value is -2.21. The van der Waals surface area contributed by atoms with Crippen LogP contribution in [0.25, 0.3) is 0 Å². The van der Waals surface area contributed by atoms with Crippen LogP contribution in [0.15, 0.2) is 23.1 Å². The Bertz CT molecular complexity index is 1050. The van der Waals surface area contributed by atoms with E-state index in [0.717, 1.165) is 13.0 Å². The number of nitrogens with one attached hydrogen (secondary N) is 1. The van der Waals surface area contributed by atoms with Crippen LogP contribution < -0.4 is 15.0 Å². The second-order valence-corrected chi connectivity index (χ2v) is 12.0. The van der Waals surface area contributed by atoms with E-state index in [1.54, 1.807) is 6.07 Å². The molecule has 10 nitrogen and oxygen atoms in total. The maximum absolute atomic E-state index is 13.1. The molecule has 1 saturated carbocycles. The summed E-state index contributed by atoms with van der Waals surface area (Å²) in [7, 11) is -3.76. The van der Waals surface area contributed by atoms with Crippen molar-refractivity contribution in [2.75, 3.05) is 57.4 Å². The van der Waals surface area contributed by atoms with E-state index < -0.39 is 10.0 Å². The third-order valence-corrected chi connectivity index (χ3v) is 9.57. The quantitative estimate of drug-likeness (QED) is 0.487. The van der Waals surface area contributed by atoms with Gasteiger partial charge in [0.2, 0.25) is 15.9 Å². The minimum atomic E-state index is -3.76. The number of carbonyl (C=O) groups is 2. The summed E-state index contributed by atoms with van der Waals surface area (Å²) >= 11 is 0. The van der Waals surface area contributed by atoms with Gasteiger partial charge < -0.3 is 14.8 Å². The van der Waals surface area contributed by atoms with Crippen LogP contribution in [0.4, 0.5) is 5.69 Å². The van der Waals surface area contributed by atoms with E-state index in [2.05, 4.69) is 24.1 Å². The van der Waals surface area contributed by atoms with Gasteiger partial charge in [0.1, 0.15) is 12.3 Å². The lowest BCUT2D eigenvalue weighted by atomic mass is 9.93. The molecule has 1 aromatic rings. The Labute approximate surface area is 220 Å². The van der Waals surface area contributed by atoms with Crippen molar-refractivity contribution in [2.24, 2.45) is 0 Å². The molecule has 2 aliphatic heterocycles. The van der Waals surface area contributed by atoms with E-state index in [9.17, 15) is 18.0 Å². The molecule has 4 rings (SSSR count). The first-order valence-corrected chi connectivity index (χ1v) is 14.9. The maximum atomic E-state index is 13.1. The molecule has 3 aliphatic rings. The normalized spacial score (nSPS) is 20.4. The van der Waals surface area contributed by atoms with Gasteiger partial charge in [0.25, 0.3) is 5.91 Å². The number of ether oxygens (including phenoxy) is 2. The van der Waals surface area contributed by atoms with Gasteiger partial charge in [0, 0.05) is 38.3 Å². The molecular formula is C26H40N4O6S. The molecular weight excluding hydrogens is 496 g/mol. The van der Waals surface area contributed by atoms with Gasteiger partial charge in [-0.1, -0.05) is 26.2 Å². The summed E-state index contributed by atoms with van der Waals surface area (Å²) in [5.41, 5.74) is 0.296. The summed E-state index contributed by atoms with van der Waals surface area (Å²) in [5, 5.41) is 2.97. The number of fused-ring (bicyclic) bond motifs is 1. The van der Waals surface area contributed by atoms with Crippen LogP contribution in [0.2, 0.25) is 0 Å². The number of amides is 2. The van der Waals surface area contributed by atoms with Gasteiger partial charge in [0.15, 0.2) is 6.61 Å². The standard InChI is InChI=1S/C26H40N4O6S/c1-3-20(2)29(21-7-5-4-6-8-21)12-11-27-25(31)18-30-23-17-22(9-10-24(23)36-19-26(30)32)37(33,34)28-13-15-35-16-14-28/h9-10,17,20-21H,3-8,11-16,18-19H2,1-2H3,(H,27,31). The summed E-state index contributed by atoms with van der Waals surface area (Å²) in [5.74, 6) is -0.282. The molecule has 0 radical (unpaired) electrons. The Morgan fingerprint density at radius 3 is 2.62 bits per heavy atom. The van der Waals surface area contributed by atoms with E-state index in [1.807, 2.05) is 0 Å². The Morgan fingerprint density at radius 1 is 1.19 bits per heavy atom. The molecule has 0 spiro atoms. The Morgan fingerprint density at radius 2 is 1.92 bits per heavy atom.